The Morgan fingerprint density at radius 1 is 1.62 bits per heavy atom. The van der Waals surface area contributed by atoms with E-state index in [1.165, 1.54) is 0 Å². The second-order valence-electron chi connectivity index (χ2n) is 2.62. The summed E-state index contributed by atoms with van der Waals surface area (Å²) in [6, 6.07) is 0. The summed E-state index contributed by atoms with van der Waals surface area (Å²) < 4.78 is 1.69. The van der Waals surface area contributed by atoms with E-state index in [9.17, 15) is 0 Å². The van der Waals surface area contributed by atoms with Gasteiger partial charge in [0.15, 0.2) is 0 Å². The summed E-state index contributed by atoms with van der Waals surface area (Å²) in [5.74, 6) is 0. The van der Waals surface area contributed by atoms with Gasteiger partial charge in [-0.05, 0) is 6.92 Å². The molecule has 0 aromatic carbocycles. The monoisotopic (exact) mass is 185 g/mol. The van der Waals surface area contributed by atoms with Gasteiger partial charge in [-0.3, -0.25) is 4.68 Å². The molecular weight excluding hydrogens is 166 g/mol. The normalized spacial score (nSPS) is 11.8. The predicted molar refractivity (Wildman–Crippen MR) is 53.1 cm³/mol. The lowest BCUT2D eigenvalue weighted by molar-refractivity contribution is 0.168. The Labute approximate surface area is 79.4 Å². The highest BCUT2D eigenvalue weighted by Crippen LogP contribution is 1.96. The molecular formula is C9H19N3O. The first-order valence-corrected chi connectivity index (χ1v) is 4.62. The van der Waals surface area contributed by atoms with E-state index in [2.05, 4.69) is 5.10 Å². The van der Waals surface area contributed by atoms with Crippen molar-refractivity contribution in [2.45, 2.75) is 40.0 Å². The van der Waals surface area contributed by atoms with Crippen molar-refractivity contribution in [2.24, 2.45) is 5.73 Å². The number of hydrogen-bond acceptors (Lipinski definition) is 3. The van der Waals surface area contributed by atoms with E-state index < -0.39 is 0 Å². The van der Waals surface area contributed by atoms with E-state index >= 15 is 0 Å². The predicted octanol–water partition coefficient (Wildman–Crippen LogP) is 0.749. The summed E-state index contributed by atoms with van der Waals surface area (Å²) >= 11 is 0. The summed E-state index contributed by atoms with van der Waals surface area (Å²) in [5.41, 5.74) is 6.37. The minimum Gasteiger partial charge on any atom is -0.391 e. The lowest BCUT2D eigenvalue weighted by Gasteiger charge is -2.02. The fourth-order valence-corrected chi connectivity index (χ4v) is 0.882. The molecule has 1 aromatic rings. The van der Waals surface area contributed by atoms with Gasteiger partial charge in [-0.25, -0.2) is 0 Å². The summed E-state index contributed by atoms with van der Waals surface area (Å²) in [4.78, 5) is 0. The Morgan fingerprint density at radius 2 is 2.23 bits per heavy atom. The van der Waals surface area contributed by atoms with Crippen LogP contribution in [0.4, 0.5) is 0 Å². The van der Waals surface area contributed by atoms with Gasteiger partial charge >= 0.3 is 0 Å². The quantitative estimate of drug-likeness (QED) is 0.730. The molecule has 76 valence electrons. The zero-order valence-corrected chi connectivity index (χ0v) is 8.57. The molecule has 3 N–H and O–H groups in total. The largest absolute Gasteiger partial charge is 0.391 e. The van der Waals surface area contributed by atoms with Crippen molar-refractivity contribution in [1.29, 1.82) is 0 Å². The van der Waals surface area contributed by atoms with Gasteiger partial charge in [-0.1, -0.05) is 13.8 Å². The Kier molecular flexibility index (Phi) is 6.18. The maximum Gasteiger partial charge on any atom is 0.0708 e. The van der Waals surface area contributed by atoms with Gasteiger partial charge in [0.1, 0.15) is 0 Å². The fourth-order valence-electron chi connectivity index (χ4n) is 0.882. The van der Waals surface area contributed by atoms with Crippen LogP contribution in [0, 0.1) is 0 Å². The van der Waals surface area contributed by atoms with Crippen molar-refractivity contribution in [3.63, 3.8) is 0 Å². The lowest BCUT2D eigenvalue weighted by Crippen LogP contribution is -2.11. The molecule has 0 fully saturated rings. The van der Waals surface area contributed by atoms with E-state index in [1.54, 1.807) is 17.8 Å². The van der Waals surface area contributed by atoms with Gasteiger partial charge < -0.3 is 10.8 Å². The molecule has 1 atom stereocenters. The van der Waals surface area contributed by atoms with Crippen LogP contribution in [0.25, 0.3) is 0 Å². The van der Waals surface area contributed by atoms with E-state index in [1.807, 2.05) is 20.0 Å². The molecule has 0 bridgehead atoms. The van der Waals surface area contributed by atoms with Crippen LogP contribution in [0.15, 0.2) is 12.4 Å². The minimum atomic E-state index is -0.361. The van der Waals surface area contributed by atoms with Crippen molar-refractivity contribution < 1.29 is 5.11 Å². The Hall–Kier alpha value is -0.870. The number of nitrogens with zero attached hydrogens (tertiary/aromatic N) is 2. The minimum absolute atomic E-state index is 0.361. The zero-order chi connectivity index (χ0) is 10.3. The van der Waals surface area contributed by atoms with E-state index in [4.69, 9.17) is 10.8 Å². The number of aliphatic hydroxyl groups excluding tert-OH is 1. The van der Waals surface area contributed by atoms with Crippen LogP contribution in [0.2, 0.25) is 0 Å². The number of aromatic nitrogens is 2. The first-order valence-electron chi connectivity index (χ1n) is 4.62. The highest BCUT2D eigenvalue weighted by molar-refractivity contribution is 5.02. The fraction of sp³-hybridized carbons (Fsp3) is 0.667. The van der Waals surface area contributed by atoms with Crippen LogP contribution in [0.5, 0.6) is 0 Å². The van der Waals surface area contributed by atoms with Gasteiger partial charge in [-0.15, -0.1) is 0 Å². The molecule has 0 radical (unpaired) electrons. The topological polar surface area (TPSA) is 64.1 Å². The second kappa shape index (κ2) is 6.62. The second-order valence-corrected chi connectivity index (χ2v) is 2.62. The Bertz CT molecular complexity index is 220. The average Bonchev–Trinajstić information content (AvgIpc) is 2.55. The Morgan fingerprint density at radius 3 is 2.62 bits per heavy atom. The number of nitrogens with two attached hydrogens (primary N) is 1. The number of aliphatic hydroxyl groups is 1. The number of hydrogen-bond donors (Lipinski definition) is 2. The molecule has 0 spiro atoms. The molecule has 0 aliphatic rings. The van der Waals surface area contributed by atoms with Gasteiger partial charge in [0.2, 0.25) is 0 Å². The molecule has 0 aliphatic heterocycles. The molecule has 1 unspecified atom stereocenters. The van der Waals surface area contributed by atoms with Crippen LogP contribution in [-0.4, -0.2) is 21.0 Å². The highest BCUT2D eigenvalue weighted by atomic mass is 16.3. The highest BCUT2D eigenvalue weighted by Gasteiger charge is 1.99. The molecule has 0 amide bonds. The van der Waals surface area contributed by atoms with Crippen LogP contribution < -0.4 is 5.73 Å². The van der Waals surface area contributed by atoms with Crippen molar-refractivity contribution >= 4 is 0 Å². The summed E-state index contributed by atoms with van der Waals surface area (Å²) in [6.07, 6.45) is 3.19. The SMILES string of the molecule is CC.CC(O)Cn1cc(CN)cn1. The van der Waals surface area contributed by atoms with Crippen LogP contribution in [0.3, 0.4) is 0 Å². The maximum absolute atomic E-state index is 9.00. The smallest absolute Gasteiger partial charge is 0.0708 e. The molecule has 1 aromatic heterocycles. The molecule has 4 nitrogen and oxygen atoms in total. The Balaban J connectivity index is 0.000000671. The summed E-state index contributed by atoms with van der Waals surface area (Å²) in [6.45, 7) is 6.75. The molecule has 0 saturated heterocycles. The van der Waals surface area contributed by atoms with Crippen LogP contribution in [-0.2, 0) is 13.1 Å². The van der Waals surface area contributed by atoms with E-state index in [0.29, 0.717) is 13.1 Å². The standard InChI is InChI=1S/C7H13N3O.C2H6/c1-6(11)4-10-5-7(2-8)3-9-10;1-2/h3,5-6,11H,2,4,8H2,1H3;1-2H3. The van der Waals surface area contributed by atoms with Crippen molar-refractivity contribution in [3.05, 3.63) is 18.0 Å². The third-order valence-electron chi connectivity index (χ3n) is 1.37. The first-order chi connectivity index (χ1) is 6.22. The van der Waals surface area contributed by atoms with E-state index in [-0.39, 0.29) is 6.10 Å². The average molecular weight is 185 g/mol. The molecule has 1 rings (SSSR count). The van der Waals surface area contributed by atoms with Gasteiger partial charge in [0.25, 0.3) is 0 Å². The molecule has 1 heterocycles. The molecule has 4 heteroatoms. The molecule has 0 saturated carbocycles. The molecule has 13 heavy (non-hydrogen) atoms. The van der Waals surface area contributed by atoms with Gasteiger partial charge in [0.05, 0.1) is 18.8 Å². The van der Waals surface area contributed by atoms with Crippen LogP contribution in [0.1, 0.15) is 26.3 Å². The maximum atomic E-state index is 9.00. The molecule has 0 aliphatic carbocycles. The third-order valence-corrected chi connectivity index (χ3v) is 1.37. The van der Waals surface area contributed by atoms with Crippen LogP contribution >= 0.6 is 0 Å². The summed E-state index contributed by atoms with van der Waals surface area (Å²) in [7, 11) is 0. The van der Waals surface area contributed by atoms with Crippen molar-refractivity contribution in [2.75, 3.05) is 0 Å². The van der Waals surface area contributed by atoms with Crippen molar-refractivity contribution in [1.82, 2.24) is 9.78 Å². The summed E-state index contributed by atoms with van der Waals surface area (Å²) in [5, 5.41) is 13.0. The lowest BCUT2D eigenvalue weighted by atomic mass is 10.4. The third kappa shape index (κ3) is 4.65. The van der Waals surface area contributed by atoms with Gasteiger partial charge in [-0.2, -0.15) is 5.10 Å². The number of rotatable bonds is 3. The van der Waals surface area contributed by atoms with E-state index in [0.717, 1.165) is 5.56 Å². The zero-order valence-electron chi connectivity index (χ0n) is 8.57. The first kappa shape index (κ1) is 12.1. The van der Waals surface area contributed by atoms with Gasteiger partial charge in [0, 0.05) is 18.3 Å². The van der Waals surface area contributed by atoms with Crippen molar-refractivity contribution in [3.8, 4) is 0 Å².